The van der Waals surface area contributed by atoms with Gasteiger partial charge in [0.05, 0.1) is 0 Å². The lowest BCUT2D eigenvalue weighted by atomic mass is 9.85. The summed E-state index contributed by atoms with van der Waals surface area (Å²) in [5.41, 5.74) is 2.43. The lowest BCUT2D eigenvalue weighted by molar-refractivity contribution is -0.0786. The molecule has 2 aromatic rings. The van der Waals surface area contributed by atoms with Gasteiger partial charge < -0.3 is 9.47 Å². The Labute approximate surface area is 146 Å². The van der Waals surface area contributed by atoms with Gasteiger partial charge in [0.25, 0.3) is 0 Å². The predicted octanol–water partition coefficient (Wildman–Crippen LogP) is 6.34. The standard InChI is InChI=1S/C22H30O2/c1-5-10-21(17(3)4)18-13-15-20(16-14-18)24-22(23-6-2)19-11-8-7-9-12-19/h7-9,11-17,21-22H,5-6,10H2,1-4H3. The predicted molar refractivity (Wildman–Crippen MR) is 100 cm³/mol. The fourth-order valence-electron chi connectivity index (χ4n) is 3.07. The van der Waals surface area contributed by atoms with Crippen molar-refractivity contribution >= 4 is 0 Å². The molecule has 2 aromatic carbocycles. The molecule has 0 heterocycles. The molecule has 0 saturated carbocycles. The van der Waals surface area contributed by atoms with Crippen LogP contribution in [-0.2, 0) is 4.74 Å². The van der Waals surface area contributed by atoms with Crippen LogP contribution >= 0.6 is 0 Å². The van der Waals surface area contributed by atoms with Gasteiger partial charge in [-0.25, -0.2) is 0 Å². The van der Waals surface area contributed by atoms with E-state index in [2.05, 4.69) is 45.0 Å². The molecule has 0 radical (unpaired) electrons. The molecule has 24 heavy (non-hydrogen) atoms. The molecule has 2 nitrogen and oxygen atoms in total. The number of hydrogen-bond donors (Lipinski definition) is 0. The summed E-state index contributed by atoms with van der Waals surface area (Å²) in [6.45, 7) is 9.44. The smallest absolute Gasteiger partial charge is 0.226 e. The highest BCUT2D eigenvalue weighted by molar-refractivity contribution is 5.30. The Balaban J connectivity index is 2.11. The summed E-state index contributed by atoms with van der Waals surface area (Å²) in [5.74, 6) is 2.11. The molecule has 0 aromatic heterocycles. The highest BCUT2D eigenvalue weighted by Crippen LogP contribution is 2.31. The van der Waals surface area contributed by atoms with E-state index in [4.69, 9.17) is 9.47 Å². The minimum absolute atomic E-state index is 0.362. The van der Waals surface area contributed by atoms with E-state index in [1.807, 2.05) is 37.3 Å². The van der Waals surface area contributed by atoms with Crippen molar-refractivity contribution in [2.45, 2.75) is 52.7 Å². The Morgan fingerprint density at radius 2 is 1.50 bits per heavy atom. The third-order valence-corrected chi connectivity index (χ3v) is 4.35. The second kappa shape index (κ2) is 9.48. The average molecular weight is 326 g/mol. The molecule has 0 N–H and O–H groups in total. The average Bonchev–Trinajstić information content (AvgIpc) is 2.60. The van der Waals surface area contributed by atoms with E-state index in [1.165, 1.54) is 18.4 Å². The largest absolute Gasteiger partial charge is 0.461 e. The fraction of sp³-hybridized carbons (Fsp3) is 0.455. The van der Waals surface area contributed by atoms with Crippen LogP contribution in [0, 0.1) is 5.92 Å². The first-order valence-corrected chi connectivity index (χ1v) is 9.08. The Morgan fingerprint density at radius 1 is 0.833 bits per heavy atom. The maximum absolute atomic E-state index is 6.07. The first-order chi connectivity index (χ1) is 11.7. The van der Waals surface area contributed by atoms with E-state index >= 15 is 0 Å². The summed E-state index contributed by atoms with van der Waals surface area (Å²) < 4.78 is 11.8. The maximum Gasteiger partial charge on any atom is 0.226 e. The summed E-state index contributed by atoms with van der Waals surface area (Å²) in [6.07, 6.45) is 2.07. The molecule has 2 atom stereocenters. The van der Waals surface area contributed by atoms with Crippen molar-refractivity contribution in [3.8, 4) is 5.75 Å². The second-order valence-electron chi connectivity index (χ2n) is 6.52. The van der Waals surface area contributed by atoms with Crippen molar-refractivity contribution in [1.29, 1.82) is 0 Å². The lowest BCUT2D eigenvalue weighted by Crippen LogP contribution is -2.12. The van der Waals surface area contributed by atoms with Crippen molar-refractivity contribution < 1.29 is 9.47 Å². The molecule has 2 unspecified atom stereocenters. The van der Waals surface area contributed by atoms with Gasteiger partial charge in [-0.3, -0.25) is 0 Å². The van der Waals surface area contributed by atoms with Crippen molar-refractivity contribution in [2.24, 2.45) is 5.92 Å². The number of ether oxygens (including phenoxy) is 2. The van der Waals surface area contributed by atoms with Gasteiger partial charge in [-0.05, 0) is 42.9 Å². The van der Waals surface area contributed by atoms with Crippen LogP contribution in [0.1, 0.15) is 63.9 Å². The SMILES string of the molecule is CCCC(c1ccc(OC(OCC)c2ccccc2)cc1)C(C)C. The van der Waals surface area contributed by atoms with E-state index in [-0.39, 0.29) is 6.29 Å². The van der Waals surface area contributed by atoms with Crippen LogP contribution in [0.25, 0.3) is 0 Å². The van der Waals surface area contributed by atoms with Crippen LogP contribution in [0.3, 0.4) is 0 Å². The number of benzene rings is 2. The quantitative estimate of drug-likeness (QED) is 0.500. The van der Waals surface area contributed by atoms with Gasteiger partial charge in [0.15, 0.2) is 0 Å². The third-order valence-electron chi connectivity index (χ3n) is 4.35. The molecular formula is C22H30O2. The molecule has 0 aliphatic carbocycles. The normalized spacial score (nSPS) is 13.7. The van der Waals surface area contributed by atoms with Gasteiger partial charge in [0.1, 0.15) is 5.75 Å². The topological polar surface area (TPSA) is 18.5 Å². The van der Waals surface area contributed by atoms with E-state index in [0.717, 1.165) is 11.3 Å². The molecule has 2 rings (SSSR count). The van der Waals surface area contributed by atoms with E-state index in [9.17, 15) is 0 Å². The molecule has 0 saturated heterocycles. The number of rotatable bonds is 9. The van der Waals surface area contributed by atoms with Crippen LogP contribution in [0.5, 0.6) is 5.75 Å². The summed E-state index contributed by atoms with van der Waals surface area (Å²) in [5, 5.41) is 0. The van der Waals surface area contributed by atoms with Crippen molar-refractivity contribution in [1.82, 2.24) is 0 Å². The van der Waals surface area contributed by atoms with E-state index in [1.54, 1.807) is 0 Å². The first kappa shape index (κ1) is 18.5. The van der Waals surface area contributed by atoms with Gasteiger partial charge in [0.2, 0.25) is 6.29 Å². The summed E-state index contributed by atoms with van der Waals surface area (Å²) in [7, 11) is 0. The van der Waals surface area contributed by atoms with Gasteiger partial charge in [-0.15, -0.1) is 0 Å². The van der Waals surface area contributed by atoms with Crippen LogP contribution in [0.2, 0.25) is 0 Å². The molecule has 0 bridgehead atoms. The van der Waals surface area contributed by atoms with Crippen LogP contribution in [0.15, 0.2) is 54.6 Å². The lowest BCUT2D eigenvalue weighted by Gasteiger charge is -2.22. The van der Waals surface area contributed by atoms with Gasteiger partial charge >= 0.3 is 0 Å². The minimum atomic E-state index is -0.362. The Bertz CT molecular complexity index is 575. The highest BCUT2D eigenvalue weighted by atomic mass is 16.7. The summed E-state index contributed by atoms with van der Waals surface area (Å²) in [6, 6.07) is 18.6. The molecule has 130 valence electrons. The first-order valence-electron chi connectivity index (χ1n) is 9.08. The highest BCUT2D eigenvalue weighted by Gasteiger charge is 2.16. The molecule has 0 fully saturated rings. The van der Waals surface area contributed by atoms with Crippen molar-refractivity contribution in [2.75, 3.05) is 6.61 Å². The fourth-order valence-corrected chi connectivity index (χ4v) is 3.07. The zero-order valence-electron chi connectivity index (χ0n) is 15.4. The van der Waals surface area contributed by atoms with Gasteiger partial charge in [-0.2, -0.15) is 0 Å². The Hall–Kier alpha value is -1.80. The van der Waals surface area contributed by atoms with E-state index in [0.29, 0.717) is 18.4 Å². The van der Waals surface area contributed by atoms with E-state index < -0.39 is 0 Å². The van der Waals surface area contributed by atoms with Crippen LogP contribution in [0.4, 0.5) is 0 Å². The van der Waals surface area contributed by atoms with Gasteiger partial charge in [0, 0.05) is 12.2 Å². The maximum atomic E-state index is 6.07. The molecule has 0 aliphatic rings. The third kappa shape index (κ3) is 5.10. The summed E-state index contributed by atoms with van der Waals surface area (Å²) in [4.78, 5) is 0. The Morgan fingerprint density at radius 3 is 2.04 bits per heavy atom. The zero-order valence-corrected chi connectivity index (χ0v) is 15.4. The molecule has 0 spiro atoms. The van der Waals surface area contributed by atoms with Crippen LogP contribution in [-0.4, -0.2) is 6.61 Å². The zero-order chi connectivity index (χ0) is 17.4. The number of hydrogen-bond acceptors (Lipinski definition) is 2. The van der Waals surface area contributed by atoms with Crippen molar-refractivity contribution in [3.63, 3.8) is 0 Å². The molecule has 0 aliphatic heterocycles. The van der Waals surface area contributed by atoms with Crippen molar-refractivity contribution in [3.05, 3.63) is 65.7 Å². The monoisotopic (exact) mass is 326 g/mol. The minimum Gasteiger partial charge on any atom is -0.461 e. The molecule has 0 amide bonds. The second-order valence-corrected chi connectivity index (χ2v) is 6.52. The van der Waals surface area contributed by atoms with Crippen LogP contribution < -0.4 is 4.74 Å². The van der Waals surface area contributed by atoms with Gasteiger partial charge in [-0.1, -0.05) is 69.7 Å². The molecular weight excluding hydrogens is 296 g/mol. The summed E-state index contributed by atoms with van der Waals surface area (Å²) >= 11 is 0. The molecule has 2 heteroatoms. The Kier molecular flexibility index (Phi) is 7.33.